The second-order valence-corrected chi connectivity index (χ2v) is 12.4. The highest BCUT2D eigenvalue weighted by atomic mass is 16.3. The molecule has 0 aromatic carbocycles. The molecule has 5 heteroatoms. The molecule has 4 N–H and O–H groups in total. The van der Waals surface area contributed by atoms with Gasteiger partial charge in [0.15, 0.2) is 0 Å². The molecular weight excluding hydrogens is 498 g/mol. The van der Waals surface area contributed by atoms with Crippen LogP contribution in [0.5, 0.6) is 0 Å². The molecule has 0 saturated heterocycles. The normalized spacial score (nSPS) is 13.8. The van der Waals surface area contributed by atoms with Gasteiger partial charge in [-0.25, -0.2) is 0 Å². The predicted molar refractivity (Wildman–Crippen MR) is 172 cm³/mol. The van der Waals surface area contributed by atoms with E-state index in [0.717, 1.165) is 32.1 Å². The minimum atomic E-state index is -1.06. The van der Waals surface area contributed by atoms with Gasteiger partial charge >= 0.3 is 0 Å². The molecule has 0 aliphatic rings. The molecule has 5 nitrogen and oxygen atoms in total. The molecule has 3 atom stereocenters. The number of rotatable bonds is 32. The Labute approximate surface area is 249 Å². The second kappa shape index (κ2) is 31.3. The lowest BCUT2D eigenvalue weighted by molar-refractivity contribution is -0.131. The third-order valence-corrected chi connectivity index (χ3v) is 8.48. The van der Waals surface area contributed by atoms with Crippen molar-refractivity contribution in [1.82, 2.24) is 5.32 Å². The van der Waals surface area contributed by atoms with E-state index in [0.29, 0.717) is 12.8 Å². The van der Waals surface area contributed by atoms with Crippen molar-refractivity contribution in [2.24, 2.45) is 0 Å². The van der Waals surface area contributed by atoms with Crippen LogP contribution < -0.4 is 5.32 Å². The van der Waals surface area contributed by atoms with Gasteiger partial charge in [0.05, 0.1) is 18.8 Å². The zero-order valence-corrected chi connectivity index (χ0v) is 27.0. The van der Waals surface area contributed by atoms with Crippen LogP contribution in [0.15, 0.2) is 0 Å². The van der Waals surface area contributed by atoms with Crippen LogP contribution in [0.2, 0.25) is 0 Å². The maximum Gasteiger partial charge on any atom is 0.249 e. The quantitative estimate of drug-likeness (QED) is 0.0608. The fourth-order valence-corrected chi connectivity index (χ4v) is 5.60. The third kappa shape index (κ3) is 26.3. The van der Waals surface area contributed by atoms with E-state index in [1.807, 2.05) is 0 Å². The average molecular weight is 570 g/mol. The van der Waals surface area contributed by atoms with Crippen molar-refractivity contribution < 1.29 is 20.1 Å². The Bertz CT molecular complexity index is 516. The summed E-state index contributed by atoms with van der Waals surface area (Å²) >= 11 is 0. The summed E-state index contributed by atoms with van der Waals surface area (Å²) in [6.45, 7) is 4.20. The summed E-state index contributed by atoms with van der Waals surface area (Å²) < 4.78 is 0. The summed E-state index contributed by atoms with van der Waals surface area (Å²) in [5.41, 5.74) is 0. The number of aliphatic hydroxyl groups is 3. The number of carbonyl (C=O) groups excluding carboxylic acids is 1. The van der Waals surface area contributed by atoms with E-state index in [-0.39, 0.29) is 6.61 Å². The molecule has 0 saturated carbocycles. The maximum absolute atomic E-state index is 12.3. The van der Waals surface area contributed by atoms with Gasteiger partial charge in [0.1, 0.15) is 6.10 Å². The van der Waals surface area contributed by atoms with Gasteiger partial charge in [-0.2, -0.15) is 0 Å². The second-order valence-electron chi connectivity index (χ2n) is 12.4. The maximum atomic E-state index is 12.3. The number of nitrogens with one attached hydrogen (secondary N) is 1. The molecule has 0 bridgehead atoms. The first-order chi connectivity index (χ1) is 19.6. The van der Waals surface area contributed by atoms with E-state index in [4.69, 9.17) is 0 Å². The molecule has 0 heterocycles. The van der Waals surface area contributed by atoms with E-state index in [1.165, 1.54) is 135 Å². The van der Waals surface area contributed by atoms with Crippen molar-refractivity contribution in [3.63, 3.8) is 0 Å². The molecular formula is C35H71NO4. The molecule has 0 spiro atoms. The summed E-state index contributed by atoms with van der Waals surface area (Å²) in [6, 6.07) is -0.702. The summed E-state index contributed by atoms with van der Waals surface area (Å²) in [7, 11) is 0. The number of carbonyl (C=O) groups is 1. The van der Waals surface area contributed by atoms with Crippen molar-refractivity contribution in [3.8, 4) is 0 Å². The lowest BCUT2D eigenvalue weighted by Crippen LogP contribution is -2.49. The Morgan fingerprint density at radius 1 is 0.500 bits per heavy atom. The highest BCUT2D eigenvalue weighted by molar-refractivity contribution is 5.80. The number of unbranched alkanes of at least 4 members (excludes halogenated alkanes) is 24. The van der Waals surface area contributed by atoms with Gasteiger partial charge in [-0.1, -0.05) is 181 Å². The van der Waals surface area contributed by atoms with Gasteiger partial charge in [-0.15, -0.1) is 0 Å². The Morgan fingerprint density at radius 3 is 1.12 bits per heavy atom. The van der Waals surface area contributed by atoms with Crippen LogP contribution in [0.3, 0.4) is 0 Å². The molecule has 0 radical (unpaired) electrons. The zero-order chi connectivity index (χ0) is 29.5. The Balaban J connectivity index is 3.63. The van der Waals surface area contributed by atoms with Crippen molar-refractivity contribution in [2.45, 2.75) is 212 Å². The molecule has 0 aliphatic carbocycles. The van der Waals surface area contributed by atoms with Gasteiger partial charge in [0, 0.05) is 0 Å². The van der Waals surface area contributed by atoms with Crippen LogP contribution in [0.25, 0.3) is 0 Å². The minimum absolute atomic E-state index is 0.309. The molecule has 0 fully saturated rings. The lowest BCUT2D eigenvalue weighted by atomic mass is 10.0. The zero-order valence-electron chi connectivity index (χ0n) is 27.0. The fourth-order valence-electron chi connectivity index (χ4n) is 5.60. The van der Waals surface area contributed by atoms with E-state index < -0.39 is 24.2 Å². The molecule has 0 rings (SSSR count). The first kappa shape index (κ1) is 39.4. The van der Waals surface area contributed by atoms with E-state index >= 15 is 0 Å². The highest BCUT2D eigenvalue weighted by Gasteiger charge is 2.23. The molecule has 0 aliphatic heterocycles. The van der Waals surface area contributed by atoms with Gasteiger partial charge in [-0.3, -0.25) is 4.79 Å². The number of aliphatic hydroxyl groups excluding tert-OH is 3. The Hall–Kier alpha value is -0.650. The van der Waals surface area contributed by atoms with Gasteiger partial charge in [0.2, 0.25) is 5.91 Å². The molecule has 0 aromatic rings. The molecule has 3 unspecified atom stereocenters. The van der Waals surface area contributed by atoms with Crippen molar-refractivity contribution in [1.29, 1.82) is 0 Å². The summed E-state index contributed by atoms with van der Waals surface area (Å²) in [4.78, 5) is 12.3. The molecule has 1 amide bonds. The van der Waals surface area contributed by atoms with Crippen molar-refractivity contribution >= 4 is 5.91 Å². The monoisotopic (exact) mass is 570 g/mol. The topological polar surface area (TPSA) is 89.8 Å². The van der Waals surface area contributed by atoms with Crippen molar-refractivity contribution in [3.05, 3.63) is 0 Å². The SMILES string of the molecule is CCCCCCCCCCCCCCCCCCCC(O)C(CO)NC(=O)C(O)CCCCCCCCCCC. The standard InChI is InChI=1S/C35H71NO4/c1-3-5-7-9-11-13-14-15-16-17-18-19-20-22-23-25-27-29-33(38)32(31-37)36-35(40)34(39)30-28-26-24-21-12-10-8-6-4-2/h32-34,37-39H,3-31H2,1-2H3,(H,36,40). The summed E-state index contributed by atoms with van der Waals surface area (Å²) in [5, 5.41) is 33.0. The Kier molecular flexibility index (Phi) is 30.8. The minimum Gasteiger partial charge on any atom is -0.394 e. The van der Waals surface area contributed by atoms with Crippen LogP contribution in [0.1, 0.15) is 194 Å². The van der Waals surface area contributed by atoms with Gasteiger partial charge < -0.3 is 20.6 Å². The van der Waals surface area contributed by atoms with E-state index in [9.17, 15) is 20.1 Å². The average Bonchev–Trinajstić information content (AvgIpc) is 2.96. The smallest absolute Gasteiger partial charge is 0.249 e. The lowest BCUT2D eigenvalue weighted by Gasteiger charge is -2.23. The predicted octanol–water partition coefficient (Wildman–Crippen LogP) is 9.15. The number of amides is 1. The van der Waals surface area contributed by atoms with E-state index in [1.54, 1.807) is 0 Å². The van der Waals surface area contributed by atoms with Crippen LogP contribution in [-0.4, -0.2) is 46.1 Å². The van der Waals surface area contributed by atoms with Gasteiger partial charge in [0.25, 0.3) is 0 Å². The first-order valence-electron chi connectivity index (χ1n) is 17.8. The fraction of sp³-hybridized carbons (Fsp3) is 0.971. The summed E-state index contributed by atoms with van der Waals surface area (Å²) in [6.07, 6.45) is 32.3. The van der Waals surface area contributed by atoms with Crippen LogP contribution in [0, 0.1) is 0 Å². The number of hydrogen-bond donors (Lipinski definition) is 4. The largest absolute Gasteiger partial charge is 0.394 e. The van der Waals surface area contributed by atoms with E-state index in [2.05, 4.69) is 19.2 Å². The number of hydrogen-bond acceptors (Lipinski definition) is 4. The highest BCUT2D eigenvalue weighted by Crippen LogP contribution is 2.16. The van der Waals surface area contributed by atoms with Gasteiger partial charge in [-0.05, 0) is 12.8 Å². The Morgan fingerprint density at radius 2 is 0.800 bits per heavy atom. The third-order valence-electron chi connectivity index (χ3n) is 8.48. The molecule has 240 valence electrons. The van der Waals surface area contributed by atoms with Crippen molar-refractivity contribution in [2.75, 3.05) is 6.61 Å². The summed E-state index contributed by atoms with van der Waals surface area (Å²) in [5.74, 6) is -0.472. The molecule has 0 aromatic heterocycles. The molecule has 40 heavy (non-hydrogen) atoms. The van der Waals surface area contributed by atoms with Crippen LogP contribution >= 0.6 is 0 Å². The first-order valence-corrected chi connectivity index (χ1v) is 17.8. The van der Waals surface area contributed by atoms with Crippen LogP contribution in [-0.2, 0) is 4.79 Å². The van der Waals surface area contributed by atoms with Crippen LogP contribution in [0.4, 0.5) is 0 Å².